The summed E-state index contributed by atoms with van der Waals surface area (Å²) in [6.45, 7) is 4.39. The van der Waals surface area contributed by atoms with Gasteiger partial charge in [-0.25, -0.2) is 0 Å². The van der Waals surface area contributed by atoms with Crippen molar-refractivity contribution in [1.82, 2.24) is 10.3 Å². The number of carboxylic acids is 1. The fraction of sp³-hybridized carbons (Fsp3) is 0.526. The van der Waals surface area contributed by atoms with Gasteiger partial charge < -0.3 is 24.6 Å². The van der Waals surface area contributed by atoms with Crippen LogP contribution in [0, 0.1) is 17.8 Å². The van der Waals surface area contributed by atoms with E-state index in [1.807, 2.05) is 0 Å². The fourth-order valence-corrected chi connectivity index (χ4v) is 5.83. The van der Waals surface area contributed by atoms with Crippen molar-refractivity contribution >= 4 is 41.0 Å². The zero-order valence-electron chi connectivity index (χ0n) is 29.7. The Labute approximate surface area is 297 Å². The van der Waals surface area contributed by atoms with E-state index in [0.717, 1.165) is 25.7 Å². The lowest BCUT2D eigenvalue weighted by Crippen LogP contribution is -2.46. The van der Waals surface area contributed by atoms with Crippen LogP contribution in [0.2, 0.25) is 0 Å². The third kappa shape index (κ3) is 12.2. The molecule has 0 saturated heterocycles. The van der Waals surface area contributed by atoms with Gasteiger partial charge in [-0.05, 0) is 24.8 Å². The van der Waals surface area contributed by atoms with Crippen LogP contribution in [0.1, 0.15) is 89.8 Å². The summed E-state index contributed by atoms with van der Waals surface area (Å²) in [7, 11) is 1.38. The molecule has 2 N–H and O–H groups in total. The summed E-state index contributed by atoms with van der Waals surface area (Å²) in [6.07, 6.45) is 4.13. The smallest absolute Gasteiger partial charge is 0.311 e. The molecule has 1 aliphatic rings. The maximum atomic E-state index is 13.8. The molecular formula is C38H48N2O11. The van der Waals surface area contributed by atoms with Gasteiger partial charge in [-0.1, -0.05) is 76.8 Å². The second kappa shape index (κ2) is 20.2. The van der Waals surface area contributed by atoms with E-state index in [2.05, 4.69) is 10.3 Å². The number of rotatable bonds is 18. The molecule has 51 heavy (non-hydrogen) atoms. The first-order chi connectivity index (χ1) is 24.3. The summed E-state index contributed by atoms with van der Waals surface area (Å²) in [4.78, 5) is 95.0. The number of aromatic nitrogens is 1. The first-order valence-corrected chi connectivity index (χ1v) is 17.4. The second-order valence-corrected chi connectivity index (χ2v) is 13.1. The Kier molecular flexibility index (Phi) is 16.1. The molecule has 0 bridgehead atoms. The number of ketones is 4. The summed E-state index contributed by atoms with van der Waals surface area (Å²) in [5.74, 6) is -8.45. The summed E-state index contributed by atoms with van der Waals surface area (Å²) >= 11 is 0. The van der Waals surface area contributed by atoms with E-state index in [1.165, 1.54) is 26.3 Å². The van der Waals surface area contributed by atoms with Crippen LogP contribution in [0.25, 0.3) is 0 Å². The number of pyridine rings is 1. The van der Waals surface area contributed by atoms with E-state index in [9.17, 15) is 33.6 Å². The Morgan fingerprint density at radius 3 is 2.18 bits per heavy atom. The summed E-state index contributed by atoms with van der Waals surface area (Å²) in [6, 6.07) is 8.90. The number of carbonyl (C=O) groups is 7. The molecular weight excluding hydrogens is 660 g/mol. The van der Waals surface area contributed by atoms with E-state index in [-0.39, 0.29) is 43.0 Å². The van der Waals surface area contributed by atoms with E-state index in [4.69, 9.17) is 19.3 Å². The zero-order chi connectivity index (χ0) is 37.5. The van der Waals surface area contributed by atoms with Crippen LogP contribution in [0.3, 0.4) is 0 Å². The molecule has 3 rings (SSSR count). The lowest BCUT2D eigenvalue weighted by atomic mass is 9.81. The number of nitrogens with one attached hydrogen (secondary N) is 1. The number of benzene rings is 1. The number of esters is 2. The largest absolute Gasteiger partial charge is 0.493 e. The number of methoxy groups -OCH3 is 1. The second-order valence-electron chi connectivity index (χ2n) is 13.1. The Morgan fingerprint density at radius 2 is 1.55 bits per heavy atom. The van der Waals surface area contributed by atoms with Gasteiger partial charge in [-0.3, -0.25) is 38.5 Å². The SMILES string of the molecule is COc1ccnc(CN[C@H]2CC(=O)C(=O)[C@H](Cc3ccccc3)[C@H](OC(=O)C(C)C)[C@H](C)C(=O)C2=O)c1OC(=O)CCCCCCCCC(=O)O. The number of carbonyl (C=O) groups excluding carboxylic acids is 6. The lowest BCUT2D eigenvalue weighted by molar-refractivity contribution is -0.163. The molecule has 0 amide bonds. The Bertz CT molecular complexity index is 1560. The van der Waals surface area contributed by atoms with E-state index in [0.29, 0.717) is 18.4 Å². The molecule has 4 atom stereocenters. The maximum Gasteiger partial charge on any atom is 0.311 e. The monoisotopic (exact) mass is 708 g/mol. The van der Waals surface area contributed by atoms with Gasteiger partial charge in [-0.2, -0.15) is 0 Å². The summed E-state index contributed by atoms with van der Waals surface area (Å²) < 4.78 is 16.7. The molecule has 1 aliphatic carbocycles. The molecule has 0 unspecified atom stereocenters. The highest BCUT2D eigenvalue weighted by Crippen LogP contribution is 2.31. The van der Waals surface area contributed by atoms with Crippen molar-refractivity contribution in [2.75, 3.05) is 7.11 Å². The Balaban J connectivity index is 1.76. The number of hydrogen-bond acceptors (Lipinski definition) is 12. The van der Waals surface area contributed by atoms with Gasteiger partial charge >= 0.3 is 17.9 Å². The van der Waals surface area contributed by atoms with Crippen LogP contribution < -0.4 is 14.8 Å². The molecule has 2 aromatic rings. The molecule has 1 fully saturated rings. The minimum absolute atomic E-state index is 0.00682. The van der Waals surface area contributed by atoms with Gasteiger partial charge in [0.05, 0.1) is 30.9 Å². The number of carboxylic acid groups (broad SMARTS) is 1. The topological polar surface area (TPSA) is 192 Å². The van der Waals surface area contributed by atoms with Crippen molar-refractivity contribution in [2.24, 2.45) is 17.8 Å². The van der Waals surface area contributed by atoms with Crippen molar-refractivity contribution in [3.8, 4) is 11.5 Å². The quantitative estimate of drug-likeness (QED) is 0.126. The standard InChI is InChI=1S/C38H48N2O11/c1-23(2)38(48)51-36-24(3)33(45)35(47)27(21-29(41)34(46)26(36)20-25-14-10-9-11-15-25)40-22-28-37(30(49-4)18-19-39-28)50-32(44)17-13-8-6-5-7-12-16-31(42)43/h9-11,14-15,18-19,23-24,26-27,36,40H,5-8,12-13,16-17,20-22H2,1-4H3,(H,42,43)/t24-,26+,27+,36-/m1/s1. The predicted octanol–water partition coefficient (Wildman–Crippen LogP) is 4.40. The minimum atomic E-state index is -1.42. The molecule has 1 saturated carbocycles. The van der Waals surface area contributed by atoms with Crippen LogP contribution in [0.5, 0.6) is 11.5 Å². The molecule has 276 valence electrons. The molecule has 1 aromatic carbocycles. The molecule has 0 radical (unpaired) electrons. The van der Waals surface area contributed by atoms with Crippen molar-refractivity contribution in [3.05, 3.63) is 53.9 Å². The summed E-state index contributed by atoms with van der Waals surface area (Å²) in [5, 5.41) is 11.6. The molecule has 1 heterocycles. The van der Waals surface area contributed by atoms with Gasteiger partial charge in [-0.15, -0.1) is 0 Å². The minimum Gasteiger partial charge on any atom is -0.493 e. The van der Waals surface area contributed by atoms with Crippen LogP contribution >= 0.6 is 0 Å². The van der Waals surface area contributed by atoms with Gasteiger partial charge in [0.1, 0.15) is 11.8 Å². The highest BCUT2D eigenvalue weighted by Gasteiger charge is 2.46. The van der Waals surface area contributed by atoms with Crippen molar-refractivity contribution in [1.29, 1.82) is 0 Å². The van der Waals surface area contributed by atoms with Gasteiger partial charge in [0.2, 0.25) is 23.1 Å². The highest BCUT2D eigenvalue weighted by atomic mass is 16.6. The first kappa shape index (κ1) is 40.6. The number of unbranched alkanes of at least 4 members (excludes halogenated alkanes) is 5. The summed E-state index contributed by atoms with van der Waals surface area (Å²) in [5.41, 5.74) is 0.854. The molecule has 13 nitrogen and oxygen atoms in total. The molecule has 1 aromatic heterocycles. The van der Waals surface area contributed by atoms with E-state index in [1.54, 1.807) is 44.2 Å². The average molecular weight is 709 g/mol. The number of Topliss-reactive ketones (excluding diaryl/α,β-unsaturated/α-hetero) is 4. The molecule has 0 spiro atoms. The Hall–Kier alpha value is -4.78. The predicted molar refractivity (Wildman–Crippen MR) is 184 cm³/mol. The van der Waals surface area contributed by atoms with Crippen LogP contribution in [-0.4, -0.2) is 70.4 Å². The van der Waals surface area contributed by atoms with Gasteiger partial charge in [0.25, 0.3) is 0 Å². The third-order valence-corrected chi connectivity index (χ3v) is 8.80. The van der Waals surface area contributed by atoms with E-state index < -0.39 is 77.4 Å². The molecule has 13 heteroatoms. The van der Waals surface area contributed by atoms with Gasteiger partial charge in [0, 0.05) is 38.1 Å². The van der Waals surface area contributed by atoms with Gasteiger partial charge in [0.15, 0.2) is 11.5 Å². The fourth-order valence-electron chi connectivity index (χ4n) is 5.83. The maximum absolute atomic E-state index is 13.8. The number of hydrogen-bond donors (Lipinski definition) is 2. The normalized spacial score (nSPS) is 19.6. The highest BCUT2D eigenvalue weighted by molar-refractivity contribution is 6.44. The van der Waals surface area contributed by atoms with Crippen molar-refractivity contribution < 1.29 is 52.9 Å². The van der Waals surface area contributed by atoms with E-state index >= 15 is 0 Å². The lowest BCUT2D eigenvalue weighted by Gasteiger charge is -2.29. The number of nitrogens with zero attached hydrogens (tertiary/aromatic N) is 1. The number of aliphatic carboxylic acids is 1. The zero-order valence-corrected chi connectivity index (χ0v) is 29.7. The van der Waals surface area contributed by atoms with Crippen LogP contribution in [0.15, 0.2) is 42.6 Å². The van der Waals surface area contributed by atoms with Crippen LogP contribution in [0.4, 0.5) is 0 Å². The Morgan fingerprint density at radius 1 is 0.902 bits per heavy atom. The van der Waals surface area contributed by atoms with Crippen LogP contribution in [-0.2, 0) is 51.3 Å². The third-order valence-electron chi connectivity index (χ3n) is 8.80. The average Bonchev–Trinajstić information content (AvgIpc) is 3.13. The number of ether oxygens (including phenoxy) is 3. The van der Waals surface area contributed by atoms with Crippen molar-refractivity contribution in [3.63, 3.8) is 0 Å². The van der Waals surface area contributed by atoms with Crippen molar-refractivity contribution in [2.45, 2.75) is 104 Å². The first-order valence-electron chi connectivity index (χ1n) is 17.4. The molecule has 0 aliphatic heterocycles.